The highest BCUT2D eigenvalue weighted by Gasteiger charge is 2.22. The van der Waals surface area contributed by atoms with E-state index in [0.29, 0.717) is 16.9 Å². The van der Waals surface area contributed by atoms with E-state index in [1.807, 2.05) is 13.0 Å². The van der Waals surface area contributed by atoms with Gasteiger partial charge in [0.15, 0.2) is 15.5 Å². The molecule has 8 heteroatoms. The van der Waals surface area contributed by atoms with E-state index in [9.17, 15) is 13.0 Å². The summed E-state index contributed by atoms with van der Waals surface area (Å²) in [4.78, 5) is 0.799. The maximum atomic E-state index is 12.1. The molecule has 0 amide bonds. The summed E-state index contributed by atoms with van der Waals surface area (Å²) in [5.41, 5.74) is 0.691. The van der Waals surface area contributed by atoms with Crippen LogP contribution in [0.4, 0.5) is 0 Å². The minimum absolute atomic E-state index is 0.171. The molecule has 0 aliphatic heterocycles. The Bertz CT molecular complexity index is 493. The van der Waals surface area contributed by atoms with Crippen molar-refractivity contribution >= 4 is 30.6 Å². The first-order valence-corrected chi connectivity index (χ1v) is 8.75. The Hall–Kier alpha value is -0.330. The fourth-order valence-corrected chi connectivity index (χ4v) is 3.92. The second-order valence-corrected chi connectivity index (χ2v) is 6.18. The predicted octanol–water partition coefficient (Wildman–Crippen LogP) is 2.32. The van der Waals surface area contributed by atoms with Crippen LogP contribution in [0.25, 0.3) is 0 Å². The zero-order valence-electron chi connectivity index (χ0n) is 10.1. The van der Waals surface area contributed by atoms with Crippen LogP contribution in [0, 0.1) is 0 Å². The monoisotopic (exact) mass is 310 g/mol. The van der Waals surface area contributed by atoms with Crippen LogP contribution in [-0.4, -0.2) is 21.5 Å². The molecule has 0 fully saturated rings. The Labute approximate surface area is 112 Å². The highest BCUT2D eigenvalue weighted by atomic mass is 32.2. The van der Waals surface area contributed by atoms with Gasteiger partial charge in [-0.1, -0.05) is 19.1 Å². The number of hydrogen-bond acceptors (Lipinski definition) is 6. The molecule has 1 atom stereocenters. The molecule has 0 bridgehead atoms. The molecule has 0 aromatic heterocycles. The van der Waals surface area contributed by atoms with Crippen LogP contribution in [0.1, 0.15) is 12.5 Å². The summed E-state index contributed by atoms with van der Waals surface area (Å²) in [5.74, 6) is 0. The first kappa shape index (κ1) is 15.7. The number of benzene rings is 1. The molecule has 1 rings (SSSR count). The normalized spacial score (nSPS) is 12.3. The van der Waals surface area contributed by atoms with Gasteiger partial charge in [0.05, 0.1) is 0 Å². The molecule has 0 aliphatic rings. The van der Waals surface area contributed by atoms with Crippen molar-refractivity contribution in [2.75, 3.05) is 13.0 Å². The molecular formula is C10H15O5PS2. The van der Waals surface area contributed by atoms with E-state index < -0.39 is 25.6 Å². The van der Waals surface area contributed by atoms with Gasteiger partial charge in [0.2, 0.25) is 0 Å². The lowest BCUT2D eigenvalue weighted by Crippen LogP contribution is -2.11. The summed E-state index contributed by atoms with van der Waals surface area (Å²) in [6, 6.07) is 5.28. The molecule has 1 aromatic rings. The van der Waals surface area contributed by atoms with E-state index in [4.69, 9.17) is 4.18 Å². The SMILES string of the molecule is CCc1cccc(SC)c1S(=O)(=O)OCO[PH2]=O. The van der Waals surface area contributed by atoms with Crippen molar-refractivity contribution < 1.29 is 21.7 Å². The fourth-order valence-electron chi connectivity index (χ4n) is 1.46. The summed E-state index contributed by atoms with van der Waals surface area (Å²) < 4.78 is 43.5. The van der Waals surface area contributed by atoms with Gasteiger partial charge >= 0.3 is 10.1 Å². The van der Waals surface area contributed by atoms with E-state index in [2.05, 4.69) is 4.52 Å². The smallest absolute Gasteiger partial charge is 0.300 e. The maximum Gasteiger partial charge on any atom is 0.300 e. The second-order valence-electron chi connectivity index (χ2n) is 3.25. The van der Waals surface area contributed by atoms with Gasteiger partial charge in [-0.05, 0) is 24.3 Å². The van der Waals surface area contributed by atoms with Crippen LogP contribution in [0.5, 0.6) is 0 Å². The van der Waals surface area contributed by atoms with Gasteiger partial charge in [0.25, 0.3) is 0 Å². The second kappa shape index (κ2) is 7.31. The standard InChI is InChI=1S/C10H15O5PS2/c1-3-8-5-4-6-9(17-2)10(8)18(12,13)15-7-14-16-11/h4-6H,3,7,16H2,1-2H3. The van der Waals surface area contributed by atoms with Crippen molar-refractivity contribution in [1.82, 2.24) is 0 Å². The van der Waals surface area contributed by atoms with E-state index in [1.54, 1.807) is 18.4 Å². The van der Waals surface area contributed by atoms with Gasteiger partial charge in [-0.25, -0.2) is 4.18 Å². The molecule has 0 spiro atoms. The predicted molar refractivity (Wildman–Crippen MR) is 72.2 cm³/mol. The molecular weight excluding hydrogens is 295 g/mol. The topological polar surface area (TPSA) is 69.7 Å². The van der Waals surface area contributed by atoms with Crippen molar-refractivity contribution in [2.24, 2.45) is 0 Å². The third-order valence-electron chi connectivity index (χ3n) is 2.25. The quantitative estimate of drug-likeness (QED) is 0.253. The first-order valence-electron chi connectivity index (χ1n) is 5.17. The Morgan fingerprint density at radius 2 is 2.11 bits per heavy atom. The molecule has 0 radical (unpaired) electrons. The van der Waals surface area contributed by atoms with Crippen LogP contribution in [0.2, 0.25) is 0 Å². The summed E-state index contributed by atoms with van der Waals surface area (Å²) in [6.45, 7) is 1.35. The van der Waals surface area contributed by atoms with Crippen molar-refractivity contribution in [3.8, 4) is 0 Å². The molecule has 1 aromatic carbocycles. The Kier molecular flexibility index (Phi) is 6.38. The molecule has 18 heavy (non-hydrogen) atoms. The van der Waals surface area contributed by atoms with Crippen LogP contribution in [0.3, 0.4) is 0 Å². The number of rotatable bonds is 7. The van der Waals surface area contributed by atoms with Gasteiger partial charge in [0, 0.05) is 4.90 Å². The first-order chi connectivity index (χ1) is 8.56. The zero-order valence-corrected chi connectivity index (χ0v) is 12.9. The molecule has 0 aliphatic carbocycles. The lowest BCUT2D eigenvalue weighted by molar-refractivity contribution is 0.139. The number of thioether (sulfide) groups is 1. The largest absolute Gasteiger partial charge is 0.304 e. The Morgan fingerprint density at radius 3 is 2.67 bits per heavy atom. The summed E-state index contributed by atoms with van der Waals surface area (Å²) in [7, 11) is -5.37. The molecule has 0 heterocycles. The molecule has 1 unspecified atom stereocenters. The van der Waals surface area contributed by atoms with E-state index in [0.717, 1.165) is 0 Å². The minimum Gasteiger partial charge on any atom is -0.304 e. The van der Waals surface area contributed by atoms with Gasteiger partial charge < -0.3 is 4.52 Å². The van der Waals surface area contributed by atoms with Crippen molar-refractivity contribution in [3.63, 3.8) is 0 Å². The maximum absolute atomic E-state index is 12.1. The van der Waals surface area contributed by atoms with Crippen LogP contribution in [0.15, 0.2) is 28.0 Å². The Morgan fingerprint density at radius 1 is 1.39 bits per heavy atom. The summed E-state index contributed by atoms with van der Waals surface area (Å²) in [5, 5.41) is 0. The fraction of sp³-hybridized carbons (Fsp3) is 0.400. The van der Waals surface area contributed by atoms with Crippen molar-refractivity contribution in [1.29, 1.82) is 0 Å². The van der Waals surface area contributed by atoms with Crippen LogP contribution in [-0.2, 0) is 29.8 Å². The molecule has 0 saturated heterocycles. The third-order valence-corrected chi connectivity index (χ3v) is 4.82. The Balaban J connectivity index is 3.17. The highest BCUT2D eigenvalue weighted by molar-refractivity contribution is 7.99. The molecule has 0 saturated carbocycles. The van der Waals surface area contributed by atoms with Crippen LogP contribution < -0.4 is 0 Å². The average Bonchev–Trinajstić information content (AvgIpc) is 2.37. The minimum atomic E-state index is -3.89. The summed E-state index contributed by atoms with van der Waals surface area (Å²) >= 11 is 1.33. The third kappa shape index (κ3) is 3.83. The zero-order chi connectivity index (χ0) is 13.6. The van der Waals surface area contributed by atoms with Gasteiger partial charge in [0.1, 0.15) is 4.90 Å². The molecule has 0 N–H and O–H groups in total. The van der Waals surface area contributed by atoms with E-state index >= 15 is 0 Å². The van der Waals surface area contributed by atoms with Gasteiger partial charge in [-0.15, -0.1) is 11.8 Å². The highest BCUT2D eigenvalue weighted by Crippen LogP contribution is 2.29. The van der Waals surface area contributed by atoms with E-state index in [1.165, 1.54) is 11.8 Å². The lowest BCUT2D eigenvalue weighted by atomic mass is 10.2. The number of aryl methyl sites for hydroxylation is 1. The van der Waals surface area contributed by atoms with Gasteiger partial charge in [-0.3, -0.25) is 4.57 Å². The summed E-state index contributed by atoms with van der Waals surface area (Å²) in [6.07, 6.45) is 2.38. The van der Waals surface area contributed by atoms with Gasteiger partial charge in [-0.2, -0.15) is 8.42 Å². The van der Waals surface area contributed by atoms with E-state index in [-0.39, 0.29) is 4.90 Å². The van der Waals surface area contributed by atoms with Crippen molar-refractivity contribution in [3.05, 3.63) is 23.8 Å². The molecule has 102 valence electrons. The van der Waals surface area contributed by atoms with Crippen molar-refractivity contribution in [2.45, 2.75) is 23.1 Å². The molecule has 5 nitrogen and oxygen atoms in total. The average molecular weight is 310 g/mol. The lowest BCUT2D eigenvalue weighted by Gasteiger charge is -2.12. The van der Waals surface area contributed by atoms with Crippen LogP contribution >= 0.6 is 20.4 Å². The number of hydrogen-bond donors (Lipinski definition) is 0.